The highest BCUT2D eigenvalue weighted by molar-refractivity contribution is 4.71. The van der Waals surface area contributed by atoms with Gasteiger partial charge in [-0.05, 0) is 51.2 Å². The van der Waals surface area contributed by atoms with E-state index in [4.69, 9.17) is 0 Å². The topological polar surface area (TPSA) is 3.24 Å². The van der Waals surface area contributed by atoms with Crippen LogP contribution in [0.4, 0.5) is 0 Å². The van der Waals surface area contributed by atoms with Gasteiger partial charge < -0.3 is 4.90 Å². The summed E-state index contributed by atoms with van der Waals surface area (Å²) in [5.74, 6) is 1.94. The molecular weight excluding hydrogens is 146 g/mol. The van der Waals surface area contributed by atoms with Gasteiger partial charge in [-0.3, -0.25) is 0 Å². The monoisotopic (exact) mass is 169 g/mol. The normalized spacial score (nSPS) is 29.8. The van der Waals surface area contributed by atoms with Crippen LogP contribution in [-0.2, 0) is 0 Å². The fraction of sp³-hybridized carbons (Fsp3) is 1.00. The van der Waals surface area contributed by atoms with Crippen LogP contribution in [0.5, 0.6) is 0 Å². The average molecular weight is 169 g/mol. The van der Waals surface area contributed by atoms with Crippen molar-refractivity contribution >= 4 is 0 Å². The molecule has 0 radical (unpaired) electrons. The second-order valence-corrected chi connectivity index (χ2v) is 4.38. The molecular formula is C11H23N. The summed E-state index contributed by atoms with van der Waals surface area (Å²) in [5, 5.41) is 0. The highest BCUT2D eigenvalue weighted by Crippen LogP contribution is 2.26. The zero-order chi connectivity index (χ0) is 8.97. The van der Waals surface area contributed by atoms with Gasteiger partial charge in [0.1, 0.15) is 0 Å². The van der Waals surface area contributed by atoms with Crippen LogP contribution in [0.15, 0.2) is 0 Å². The molecule has 72 valence electrons. The molecule has 0 aromatic rings. The Bertz CT molecular complexity index is 122. The van der Waals surface area contributed by atoms with Gasteiger partial charge in [-0.15, -0.1) is 0 Å². The molecule has 0 bridgehead atoms. The van der Waals surface area contributed by atoms with E-state index >= 15 is 0 Å². The van der Waals surface area contributed by atoms with Crippen LogP contribution in [-0.4, -0.2) is 25.0 Å². The smallest absolute Gasteiger partial charge is 0.00190 e. The molecule has 1 aliphatic heterocycles. The maximum absolute atomic E-state index is 2.47. The van der Waals surface area contributed by atoms with E-state index in [9.17, 15) is 0 Å². The number of hydrogen-bond acceptors (Lipinski definition) is 1. The quantitative estimate of drug-likeness (QED) is 0.614. The first kappa shape index (κ1) is 10.0. The van der Waals surface area contributed by atoms with Crippen LogP contribution in [0.1, 0.15) is 39.5 Å². The number of rotatable bonds is 2. The molecule has 1 heterocycles. The molecule has 0 amide bonds. The zero-order valence-electron chi connectivity index (χ0n) is 8.84. The summed E-state index contributed by atoms with van der Waals surface area (Å²) in [4.78, 5) is 2.47. The third kappa shape index (κ3) is 2.78. The first-order valence-corrected chi connectivity index (χ1v) is 5.42. The third-order valence-corrected chi connectivity index (χ3v) is 3.45. The van der Waals surface area contributed by atoms with Crippen molar-refractivity contribution in [1.82, 2.24) is 4.90 Å². The molecule has 12 heavy (non-hydrogen) atoms. The SMILES string of the molecule is CCC(C)C1CCCN(C)CC1. The molecule has 1 fully saturated rings. The van der Waals surface area contributed by atoms with E-state index in [0.717, 1.165) is 11.8 Å². The van der Waals surface area contributed by atoms with E-state index < -0.39 is 0 Å². The lowest BCUT2D eigenvalue weighted by atomic mass is 9.86. The predicted molar refractivity (Wildman–Crippen MR) is 54.3 cm³/mol. The number of hydrogen-bond donors (Lipinski definition) is 0. The van der Waals surface area contributed by atoms with Crippen molar-refractivity contribution in [3.8, 4) is 0 Å². The number of nitrogens with zero attached hydrogens (tertiary/aromatic N) is 1. The van der Waals surface area contributed by atoms with E-state index in [1.165, 1.54) is 38.8 Å². The largest absolute Gasteiger partial charge is 0.306 e. The highest BCUT2D eigenvalue weighted by atomic mass is 15.1. The Morgan fingerprint density at radius 1 is 1.33 bits per heavy atom. The summed E-state index contributed by atoms with van der Waals surface area (Å²) in [6.45, 7) is 7.36. The molecule has 1 heteroatoms. The van der Waals surface area contributed by atoms with Crippen molar-refractivity contribution in [2.75, 3.05) is 20.1 Å². The first-order chi connectivity index (χ1) is 5.74. The van der Waals surface area contributed by atoms with E-state index in [0.29, 0.717) is 0 Å². The Hall–Kier alpha value is -0.0400. The molecule has 1 nitrogen and oxygen atoms in total. The summed E-state index contributed by atoms with van der Waals surface area (Å²) in [6.07, 6.45) is 5.64. The summed E-state index contributed by atoms with van der Waals surface area (Å²) < 4.78 is 0. The molecule has 2 atom stereocenters. The van der Waals surface area contributed by atoms with Gasteiger partial charge in [-0.2, -0.15) is 0 Å². The first-order valence-electron chi connectivity index (χ1n) is 5.42. The lowest BCUT2D eigenvalue weighted by Crippen LogP contribution is -2.19. The lowest BCUT2D eigenvalue weighted by molar-refractivity contribution is 0.298. The minimum Gasteiger partial charge on any atom is -0.306 e. The van der Waals surface area contributed by atoms with Crippen molar-refractivity contribution in [3.63, 3.8) is 0 Å². The molecule has 0 saturated carbocycles. The summed E-state index contributed by atoms with van der Waals surface area (Å²) in [7, 11) is 2.25. The predicted octanol–water partition coefficient (Wildman–Crippen LogP) is 2.76. The molecule has 1 saturated heterocycles. The third-order valence-electron chi connectivity index (χ3n) is 3.45. The van der Waals surface area contributed by atoms with Gasteiger partial charge in [-0.1, -0.05) is 20.3 Å². The molecule has 1 aliphatic rings. The lowest BCUT2D eigenvalue weighted by Gasteiger charge is -2.20. The fourth-order valence-corrected chi connectivity index (χ4v) is 2.17. The Morgan fingerprint density at radius 3 is 2.75 bits per heavy atom. The summed E-state index contributed by atoms with van der Waals surface area (Å²) in [6, 6.07) is 0. The van der Waals surface area contributed by atoms with Crippen LogP contribution in [0.3, 0.4) is 0 Å². The second kappa shape index (κ2) is 4.86. The molecule has 0 aromatic heterocycles. The maximum atomic E-state index is 2.47. The van der Waals surface area contributed by atoms with Crippen LogP contribution < -0.4 is 0 Å². The van der Waals surface area contributed by atoms with Crippen LogP contribution in [0.25, 0.3) is 0 Å². The van der Waals surface area contributed by atoms with Gasteiger partial charge in [0, 0.05) is 0 Å². The Kier molecular flexibility index (Phi) is 4.07. The van der Waals surface area contributed by atoms with Crippen molar-refractivity contribution in [1.29, 1.82) is 0 Å². The molecule has 1 rings (SSSR count). The van der Waals surface area contributed by atoms with Gasteiger partial charge in [0.15, 0.2) is 0 Å². The minimum atomic E-state index is 0.941. The van der Waals surface area contributed by atoms with E-state index in [1.807, 2.05) is 0 Å². The Morgan fingerprint density at radius 2 is 2.08 bits per heavy atom. The Labute approximate surface area is 77.1 Å². The minimum absolute atomic E-state index is 0.941. The second-order valence-electron chi connectivity index (χ2n) is 4.38. The Balaban J connectivity index is 2.35. The van der Waals surface area contributed by atoms with E-state index in [-0.39, 0.29) is 0 Å². The van der Waals surface area contributed by atoms with Gasteiger partial charge in [0.25, 0.3) is 0 Å². The van der Waals surface area contributed by atoms with E-state index in [2.05, 4.69) is 25.8 Å². The molecule has 0 aliphatic carbocycles. The molecule has 2 unspecified atom stereocenters. The van der Waals surface area contributed by atoms with Crippen LogP contribution >= 0.6 is 0 Å². The average Bonchev–Trinajstić information content (AvgIpc) is 2.29. The van der Waals surface area contributed by atoms with Crippen molar-refractivity contribution < 1.29 is 0 Å². The fourth-order valence-electron chi connectivity index (χ4n) is 2.17. The van der Waals surface area contributed by atoms with Gasteiger partial charge in [-0.25, -0.2) is 0 Å². The maximum Gasteiger partial charge on any atom is -0.00190 e. The van der Waals surface area contributed by atoms with E-state index in [1.54, 1.807) is 0 Å². The standard InChI is InChI=1S/C11H23N/c1-4-10(2)11-6-5-8-12(3)9-7-11/h10-11H,4-9H2,1-3H3. The highest BCUT2D eigenvalue weighted by Gasteiger charge is 2.18. The van der Waals surface area contributed by atoms with Gasteiger partial charge in [0.2, 0.25) is 0 Å². The van der Waals surface area contributed by atoms with Crippen molar-refractivity contribution in [2.24, 2.45) is 11.8 Å². The van der Waals surface area contributed by atoms with Crippen molar-refractivity contribution in [3.05, 3.63) is 0 Å². The summed E-state index contributed by atoms with van der Waals surface area (Å²) in [5.41, 5.74) is 0. The van der Waals surface area contributed by atoms with Crippen LogP contribution in [0.2, 0.25) is 0 Å². The molecule has 0 spiro atoms. The van der Waals surface area contributed by atoms with Crippen LogP contribution in [0, 0.1) is 11.8 Å². The zero-order valence-corrected chi connectivity index (χ0v) is 8.84. The number of likely N-dealkylation sites (tertiary alicyclic amines) is 1. The molecule has 0 N–H and O–H groups in total. The van der Waals surface area contributed by atoms with Gasteiger partial charge >= 0.3 is 0 Å². The summed E-state index contributed by atoms with van der Waals surface area (Å²) >= 11 is 0. The molecule has 0 aromatic carbocycles. The van der Waals surface area contributed by atoms with Crippen molar-refractivity contribution in [2.45, 2.75) is 39.5 Å². The van der Waals surface area contributed by atoms with Gasteiger partial charge in [0.05, 0.1) is 0 Å².